The lowest BCUT2D eigenvalue weighted by Gasteiger charge is -2.23. The van der Waals surface area contributed by atoms with Crippen molar-refractivity contribution in [1.29, 1.82) is 0 Å². The molecule has 8 heteroatoms. The highest BCUT2D eigenvalue weighted by atomic mass is 16.5. The minimum Gasteiger partial charge on any atom is -0.379 e. The van der Waals surface area contributed by atoms with E-state index in [2.05, 4.69) is 30.2 Å². The first-order chi connectivity index (χ1) is 11.8. The Balaban J connectivity index is 1.71. The van der Waals surface area contributed by atoms with E-state index in [4.69, 9.17) is 4.74 Å². The molecule has 2 aromatic heterocycles. The SMILES string of the molecule is CNC(=O)c1cc(CC2COCCN(c3ncccn3)C2)ncn1. The number of ether oxygens (including phenoxy) is 1. The fourth-order valence-electron chi connectivity index (χ4n) is 2.70. The molecular formula is C16H20N6O2. The maximum Gasteiger partial charge on any atom is 0.269 e. The molecule has 0 spiro atoms. The number of rotatable bonds is 4. The second kappa shape index (κ2) is 7.78. The number of nitrogens with zero attached hydrogens (tertiary/aromatic N) is 5. The van der Waals surface area contributed by atoms with Crippen LogP contribution in [0.2, 0.25) is 0 Å². The Labute approximate surface area is 140 Å². The van der Waals surface area contributed by atoms with Gasteiger partial charge in [0, 0.05) is 44.1 Å². The predicted molar refractivity (Wildman–Crippen MR) is 87.7 cm³/mol. The highest BCUT2D eigenvalue weighted by Crippen LogP contribution is 2.16. The number of hydrogen-bond donors (Lipinski definition) is 1. The molecule has 1 amide bonds. The number of anilines is 1. The number of carbonyl (C=O) groups excluding carboxylic acids is 1. The van der Waals surface area contributed by atoms with Crippen molar-refractivity contribution in [1.82, 2.24) is 25.3 Å². The molecule has 126 valence electrons. The minimum absolute atomic E-state index is 0.213. The largest absolute Gasteiger partial charge is 0.379 e. The Bertz CT molecular complexity index is 681. The van der Waals surface area contributed by atoms with Gasteiger partial charge < -0.3 is 15.0 Å². The first-order valence-corrected chi connectivity index (χ1v) is 7.89. The lowest BCUT2D eigenvalue weighted by atomic mass is 10.0. The van der Waals surface area contributed by atoms with Crippen molar-refractivity contribution in [2.24, 2.45) is 5.92 Å². The number of aromatic nitrogens is 4. The van der Waals surface area contributed by atoms with E-state index in [9.17, 15) is 4.79 Å². The summed E-state index contributed by atoms with van der Waals surface area (Å²) in [5.74, 6) is 0.737. The maximum atomic E-state index is 11.7. The van der Waals surface area contributed by atoms with Crippen LogP contribution >= 0.6 is 0 Å². The van der Waals surface area contributed by atoms with E-state index in [0.717, 1.165) is 18.8 Å². The summed E-state index contributed by atoms with van der Waals surface area (Å²) in [7, 11) is 1.58. The summed E-state index contributed by atoms with van der Waals surface area (Å²) in [5.41, 5.74) is 1.20. The van der Waals surface area contributed by atoms with Crippen LogP contribution in [0.1, 0.15) is 16.2 Å². The Morgan fingerprint density at radius 2 is 2.17 bits per heavy atom. The highest BCUT2D eigenvalue weighted by molar-refractivity contribution is 5.91. The third kappa shape index (κ3) is 4.02. The third-order valence-electron chi connectivity index (χ3n) is 3.85. The normalized spacial score (nSPS) is 18.0. The van der Waals surface area contributed by atoms with Gasteiger partial charge in [-0.1, -0.05) is 0 Å². The maximum absolute atomic E-state index is 11.7. The smallest absolute Gasteiger partial charge is 0.269 e. The Kier molecular flexibility index (Phi) is 5.27. The molecule has 2 aromatic rings. The zero-order valence-electron chi connectivity index (χ0n) is 13.6. The number of hydrogen-bond acceptors (Lipinski definition) is 7. The topological polar surface area (TPSA) is 93.1 Å². The van der Waals surface area contributed by atoms with Crippen molar-refractivity contribution in [3.05, 3.63) is 42.2 Å². The van der Waals surface area contributed by atoms with E-state index in [-0.39, 0.29) is 11.8 Å². The van der Waals surface area contributed by atoms with Gasteiger partial charge in [0.15, 0.2) is 0 Å². The van der Waals surface area contributed by atoms with Crippen molar-refractivity contribution in [3.8, 4) is 0 Å². The van der Waals surface area contributed by atoms with Gasteiger partial charge in [0.05, 0.1) is 13.2 Å². The predicted octanol–water partition coefficient (Wildman–Crippen LogP) is 0.322. The lowest BCUT2D eigenvalue weighted by Crippen LogP contribution is -2.32. The molecule has 0 aliphatic carbocycles. The van der Waals surface area contributed by atoms with Crippen LogP contribution in [-0.4, -0.2) is 59.2 Å². The molecule has 1 saturated heterocycles. The molecule has 1 N–H and O–H groups in total. The standard InChI is InChI=1S/C16H20N6O2/c1-17-15(23)14-8-13(20-11-21-14)7-12-9-22(5-6-24-10-12)16-18-3-2-4-19-16/h2-4,8,11-12H,5-7,9-10H2,1H3,(H,17,23). The Morgan fingerprint density at radius 1 is 1.33 bits per heavy atom. The van der Waals surface area contributed by atoms with Crippen LogP contribution in [0.5, 0.6) is 0 Å². The fourth-order valence-corrected chi connectivity index (χ4v) is 2.70. The molecule has 3 heterocycles. The van der Waals surface area contributed by atoms with Crippen LogP contribution in [0, 0.1) is 5.92 Å². The van der Waals surface area contributed by atoms with E-state index in [1.807, 2.05) is 0 Å². The zero-order chi connectivity index (χ0) is 16.8. The average Bonchev–Trinajstić information content (AvgIpc) is 2.87. The second-order valence-electron chi connectivity index (χ2n) is 5.61. The van der Waals surface area contributed by atoms with Gasteiger partial charge in [-0.05, 0) is 18.6 Å². The van der Waals surface area contributed by atoms with Gasteiger partial charge in [-0.2, -0.15) is 0 Å². The van der Waals surface area contributed by atoms with E-state index < -0.39 is 0 Å². The molecule has 1 unspecified atom stereocenters. The molecule has 0 bridgehead atoms. The van der Waals surface area contributed by atoms with E-state index >= 15 is 0 Å². The number of nitrogens with one attached hydrogen (secondary N) is 1. The molecule has 8 nitrogen and oxygen atoms in total. The summed E-state index contributed by atoms with van der Waals surface area (Å²) in [6, 6.07) is 3.53. The molecule has 3 rings (SSSR count). The fraction of sp³-hybridized carbons (Fsp3) is 0.438. The van der Waals surface area contributed by atoms with Crippen LogP contribution in [-0.2, 0) is 11.2 Å². The molecule has 1 atom stereocenters. The van der Waals surface area contributed by atoms with Crippen molar-refractivity contribution in [2.75, 3.05) is 38.3 Å². The van der Waals surface area contributed by atoms with Crippen LogP contribution in [0.25, 0.3) is 0 Å². The quantitative estimate of drug-likeness (QED) is 0.864. The Hall–Kier alpha value is -2.61. The van der Waals surface area contributed by atoms with Gasteiger partial charge in [0.1, 0.15) is 12.0 Å². The van der Waals surface area contributed by atoms with Gasteiger partial charge in [0.25, 0.3) is 5.91 Å². The monoisotopic (exact) mass is 328 g/mol. The lowest BCUT2D eigenvalue weighted by molar-refractivity contribution is 0.0957. The molecule has 1 fully saturated rings. The molecular weight excluding hydrogens is 308 g/mol. The highest BCUT2D eigenvalue weighted by Gasteiger charge is 2.21. The molecule has 1 aliphatic heterocycles. The molecule has 0 aromatic carbocycles. The van der Waals surface area contributed by atoms with E-state index in [1.54, 1.807) is 31.6 Å². The Morgan fingerprint density at radius 3 is 2.96 bits per heavy atom. The third-order valence-corrected chi connectivity index (χ3v) is 3.85. The van der Waals surface area contributed by atoms with Crippen LogP contribution in [0.4, 0.5) is 5.95 Å². The first-order valence-electron chi connectivity index (χ1n) is 7.89. The van der Waals surface area contributed by atoms with Gasteiger partial charge in [-0.15, -0.1) is 0 Å². The molecule has 0 saturated carbocycles. The average molecular weight is 328 g/mol. The second-order valence-corrected chi connectivity index (χ2v) is 5.61. The molecule has 0 radical (unpaired) electrons. The summed E-state index contributed by atoms with van der Waals surface area (Å²) >= 11 is 0. The van der Waals surface area contributed by atoms with Gasteiger partial charge in [-0.25, -0.2) is 19.9 Å². The van der Waals surface area contributed by atoms with Crippen LogP contribution < -0.4 is 10.2 Å². The van der Waals surface area contributed by atoms with Gasteiger partial charge in [0.2, 0.25) is 5.95 Å². The van der Waals surface area contributed by atoms with Crippen molar-refractivity contribution in [3.63, 3.8) is 0 Å². The number of amides is 1. The number of carbonyl (C=O) groups is 1. The summed E-state index contributed by atoms with van der Waals surface area (Å²) in [6.07, 6.45) is 5.61. The first kappa shape index (κ1) is 16.3. The zero-order valence-corrected chi connectivity index (χ0v) is 13.6. The van der Waals surface area contributed by atoms with Crippen molar-refractivity contribution in [2.45, 2.75) is 6.42 Å². The summed E-state index contributed by atoms with van der Waals surface area (Å²) in [6.45, 7) is 2.82. The van der Waals surface area contributed by atoms with Crippen molar-refractivity contribution < 1.29 is 9.53 Å². The summed E-state index contributed by atoms with van der Waals surface area (Å²) in [5, 5.41) is 2.57. The minimum atomic E-state index is -0.213. The summed E-state index contributed by atoms with van der Waals surface area (Å²) in [4.78, 5) is 30.7. The van der Waals surface area contributed by atoms with Gasteiger partial charge >= 0.3 is 0 Å². The summed E-state index contributed by atoms with van der Waals surface area (Å²) < 4.78 is 5.71. The van der Waals surface area contributed by atoms with Crippen LogP contribution in [0.3, 0.4) is 0 Å². The van der Waals surface area contributed by atoms with E-state index in [1.165, 1.54) is 6.33 Å². The van der Waals surface area contributed by atoms with Crippen LogP contribution in [0.15, 0.2) is 30.9 Å². The van der Waals surface area contributed by atoms with E-state index in [0.29, 0.717) is 31.3 Å². The van der Waals surface area contributed by atoms with Gasteiger partial charge in [-0.3, -0.25) is 4.79 Å². The molecule has 24 heavy (non-hydrogen) atoms. The molecule has 1 aliphatic rings. The van der Waals surface area contributed by atoms with Crippen molar-refractivity contribution >= 4 is 11.9 Å².